The van der Waals surface area contributed by atoms with Gasteiger partial charge in [0.25, 0.3) is 0 Å². The molecular weight excluding hydrogens is 267 g/mol. The van der Waals surface area contributed by atoms with Gasteiger partial charge in [0.2, 0.25) is 0 Å². The molecule has 0 spiro atoms. The molecule has 102 valence electrons. The zero-order valence-electron chi connectivity index (χ0n) is 8.96. The summed E-state index contributed by atoms with van der Waals surface area (Å²) in [5.41, 5.74) is -2.21. The van der Waals surface area contributed by atoms with Crippen molar-refractivity contribution >= 4 is 0 Å². The van der Waals surface area contributed by atoms with Gasteiger partial charge in [0, 0.05) is 0 Å². The number of benzene rings is 1. The van der Waals surface area contributed by atoms with Crippen molar-refractivity contribution in [1.29, 1.82) is 0 Å². The van der Waals surface area contributed by atoms with Crippen LogP contribution in [0, 0.1) is 5.82 Å². The van der Waals surface area contributed by atoms with Gasteiger partial charge in [0.1, 0.15) is 11.9 Å². The predicted octanol–water partition coefficient (Wildman–Crippen LogP) is 3.67. The van der Waals surface area contributed by atoms with Crippen molar-refractivity contribution in [3.63, 3.8) is 0 Å². The summed E-state index contributed by atoms with van der Waals surface area (Å²) in [5.74, 6) is -1.73. The smallest absolute Gasteiger partial charge is 0.306 e. The molecule has 0 heterocycles. The Morgan fingerprint density at radius 2 is 1.61 bits per heavy atom. The van der Waals surface area contributed by atoms with Gasteiger partial charge in [-0.2, -0.15) is 26.3 Å². The summed E-state index contributed by atoms with van der Waals surface area (Å²) in [6.45, 7) is 0. The van der Waals surface area contributed by atoms with E-state index in [0.29, 0.717) is 12.1 Å². The van der Waals surface area contributed by atoms with E-state index in [2.05, 4.69) is 0 Å². The number of halogens is 7. The van der Waals surface area contributed by atoms with Gasteiger partial charge in [0.15, 0.2) is 0 Å². The van der Waals surface area contributed by atoms with Crippen molar-refractivity contribution in [3.8, 4) is 0 Å². The maximum Gasteiger partial charge on any atom is 0.419 e. The minimum atomic E-state index is -4.93. The van der Waals surface area contributed by atoms with Crippen molar-refractivity contribution in [2.24, 2.45) is 0 Å². The van der Waals surface area contributed by atoms with Crippen LogP contribution in [0.4, 0.5) is 30.7 Å². The van der Waals surface area contributed by atoms with Crippen molar-refractivity contribution in [3.05, 3.63) is 35.1 Å². The van der Waals surface area contributed by atoms with E-state index in [4.69, 9.17) is 0 Å². The lowest BCUT2D eigenvalue weighted by Gasteiger charge is -2.20. The molecular formula is C10H8F7N. The maximum absolute atomic E-state index is 13.1. The van der Waals surface area contributed by atoms with Crippen LogP contribution in [0.2, 0.25) is 0 Å². The van der Waals surface area contributed by atoms with Gasteiger partial charge in [-0.05, 0) is 24.7 Å². The van der Waals surface area contributed by atoms with Gasteiger partial charge >= 0.3 is 12.4 Å². The Morgan fingerprint density at radius 1 is 1.06 bits per heavy atom. The van der Waals surface area contributed by atoms with E-state index in [9.17, 15) is 30.7 Å². The Bertz CT molecular complexity index is 421. The molecule has 0 amide bonds. The molecule has 1 unspecified atom stereocenters. The Hall–Kier alpha value is -1.31. The number of hydrogen-bond acceptors (Lipinski definition) is 1. The van der Waals surface area contributed by atoms with Crippen molar-refractivity contribution in [1.82, 2.24) is 5.32 Å². The average molecular weight is 275 g/mol. The number of alkyl halides is 6. The van der Waals surface area contributed by atoms with E-state index < -0.39 is 35.3 Å². The molecule has 0 saturated carbocycles. The van der Waals surface area contributed by atoms with Gasteiger partial charge in [-0.1, -0.05) is 6.07 Å². The van der Waals surface area contributed by atoms with Crippen molar-refractivity contribution < 1.29 is 30.7 Å². The summed E-state index contributed by atoms with van der Waals surface area (Å²) < 4.78 is 87.2. The Balaban J connectivity index is 3.19. The second-order valence-corrected chi connectivity index (χ2v) is 3.50. The van der Waals surface area contributed by atoms with E-state index in [1.54, 1.807) is 0 Å². The molecule has 1 aromatic carbocycles. The second-order valence-electron chi connectivity index (χ2n) is 3.50. The van der Waals surface area contributed by atoms with Gasteiger partial charge in [-0.15, -0.1) is 0 Å². The first-order chi connectivity index (χ1) is 8.07. The lowest BCUT2D eigenvalue weighted by molar-refractivity contribution is -0.156. The molecule has 1 nitrogen and oxygen atoms in total. The summed E-state index contributed by atoms with van der Waals surface area (Å²) in [7, 11) is 0.980. The molecule has 0 saturated heterocycles. The first kappa shape index (κ1) is 14.7. The van der Waals surface area contributed by atoms with E-state index in [-0.39, 0.29) is 6.07 Å². The molecule has 0 radical (unpaired) electrons. The van der Waals surface area contributed by atoms with E-state index >= 15 is 0 Å². The normalized spacial score (nSPS) is 14.7. The van der Waals surface area contributed by atoms with Crippen LogP contribution in [0.15, 0.2) is 18.2 Å². The monoisotopic (exact) mass is 275 g/mol. The summed E-state index contributed by atoms with van der Waals surface area (Å²) in [5, 5.41) is 1.87. The van der Waals surface area contributed by atoms with Crippen LogP contribution in [-0.2, 0) is 6.18 Å². The largest absolute Gasteiger partial charge is 0.419 e. The molecule has 0 aliphatic heterocycles. The van der Waals surface area contributed by atoms with Gasteiger partial charge in [-0.3, -0.25) is 0 Å². The molecule has 0 aromatic heterocycles. The van der Waals surface area contributed by atoms with Crippen molar-refractivity contribution in [2.45, 2.75) is 18.4 Å². The van der Waals surface area contributed by atoms with E-state index in [1.165, 1.54) is 0 Å². The minimum absolute atomic E-state index is 0.234. The maximum atomic E-state index is 13.1. The lowest BCUT2D eigenvalue weighted by atomic mass is 10.0. The third-order valence-corrected chi connectivity index (χ3v) is 2.25. The highest BCUT2D eigenvalue weighted by atomic mass is 19.4. The molecule has 0 bridgehead atoms. The number of hydrogen-bond donors (Lipinski definition) is 1. The summed E-state index contributed by atoms with van der Waals surface area (Å²) >= 11 is 0. The average Bonchev–Trinajstić information content (AvgIpc) is 2.14. The summed E-state index contributed by atoms with van der Waals surface area (Å²) in [6, 6.07) is -1.09. The summed E-state index contributed by atoms with van der Waals surface area (Å²) in [4.78, 5) is 0. The molecule has 1 N–H and O–H groups in total. The van der Waals surface area contributed by atoms with Gasteiger partial charge in [-0.25, -0.2) is 4.39 Å². The Kier molecular flexibility index (Phi) is 3.89. The topological polar surface area (TPSA) is 12.0 Å². The molecule has 18 heavy (non-hydrogen) atoms. The first-order valence-electron chi connectivity index (χ1n) is 4.68. The molecule has 8 heteroatoms. The fraction of sp³-hybridized carbons (Fsp3) is 0.400. The SMILES string of the molecule is CNC(c1ccc(C(F)(F)F)c(F)c1)C(F)(F)F. The van der Waals surface area contributed by atoms with Gasteiger partial charge in [0.05, 0.1) is 5.56 Å². The lowest BCUT2D eigenvalue weighted by Crippen LogP contribution is -2.31. The van der Waals surface area contributed by atoms with Crippen LogP contribution in [-0.4, -0.2) is 13.2 Å². The van der Waals surface area contributed by atoms with Crippen LogP contribution in [0.25, 0.3) is 0 Å². The fourth-order valence-electron chi connectivity index (χ4n) is 1.46. The molecule has 1 aromatic rings. The van der Waals surface area contributed by atoms with E-state index in [0.717, 1.165) is 7.05 Å². The predicted molar refractivity (Wildman–Crippen MR) is 49.3 cm³/mol. The quantitative estimate of drug-likeness (QED) is 0.812. The zero-order chi connectivity index (χ0) is 14.1. The zero-order valence-corrected chi connectivity index (χ0v) is 8.96. The molecule has 1 rings (SSSR count). The number of nitrogens with one attached hydrogen (secondary N) is 1. The van der Waals surface area contributed by atoms with Crippen LogP contribution >= 0.6 is 0 Å². The van der Waals surface area contributed by atoms with Crippen molar-refractivity contribution in [2.75, 3.05) is 7.05 Å². The molecule has 1 atom stereocenters. The third kappa shape index (κ3) is 3.12. The molecule has 0 fully saturated rings. The minimum Gasteiger partial charge on any atom is -0.306 e. The van der Waals surface area contributed by atoms with Crippen LogP contribution in [0.1, 0.15) is 17.2 Å². The first-order valence-corrected chi connectivity index (χ1v) is 4.68. The molecule has 0 aliphatic carbocycles. The van der Waals surface area contributed by atoms with E-state index in [1.807, 2.05) is 5.32 Å². The number of rotatable bonds is 2. The Morgan fingerprint density at radius 3 is 1.94 bits per heavy atom. The highest BCUT2D eigenvalue weighted by molar-refractivity contribution is 5.29. The van der Waals surface area contributed by atoms with Crippen LogP contribution in [0.3, 0.4) is 0 Å². The highest BCUT2D eigenvalue weighted by Gasteiger charge is 2.41. The fourth-order valence-corrected chi connectivity index (χ4v) is 1.46. The Labute approximate surface area is 97.6 Å². The van der Waals surface area contributed by atoms with Crippen LogP contribution in [0.5, 0.6) is 0 Å². The highest BCUT2D eigenvalue weighted by Crippen LogP contribution is 2.36. The third-order valence-electron chi connectivity index (χ3n) is 2.25. The molecule has 0 aliphatic rings. The second kappa shape index (κ2) is 4.75. The summed E-state index contributed by atoms with van der Waals surface area (Å²) in [6.07, 6.45) is -9.66. The standard InChI is InChI=1S/C10H8F7N/c1-18-8(10(15,16)17)5-2-3-6(7(11)4-5)9(12,13)14/h2-4,8,18H,1H3. The van der Waals surface area contributed by atoms with Crippen LogP contribution < -0.4 is 5.32 Å². The van der Waals surface area contributed by atoms with Gasteiger partial charge < -0.3 is 5.32 Å².